The fraction of sp³-hybridized carbons (Fsp3) is 0.308. The maximum atomic E-state index is 10.4. The molecule has 2 rings (SSSR count). The molecule has 5 nitrogen and oxygen atoms in total. The molecular weight excluding hydrogens is 357 g/mol. The van der Waals surface area contributed by atoms with Crippen molar-refractivity contribution in [2.45, 2.75) is 25.8 Å². The molecule has 1 aromatic heterocycles. The van der Waals surface area contributed by atoms with Crippen LogP contribution >= 0.6 is 22.6 Å². The molecule has 0 spiro atoms. The number of carboxylic acids is 1. The summed E-state index contributed by atoms with van der Waals surface area (Å²) in [6, 6.07) is 8.01. The Labute approximate surface area is 124 Å². The van der Waals surface area contributed by atoms with Crippen LogP contribution in [0.3, 0.4) is 0 Å². The van der Waals surface area contributed by atoms with E-state index < -0.39 is 5.97 Å². The van der Waals surface area contributed by atoms with E-state index in [-0.39, 0.29) is 6.42 Å². The van der Waals surface area contributed by atoms with E-state index in [0.29, 0.717) is 18.8 Å². The zero-order chi connectivity index (χ0) is 13.7. The summed E-state index contributed by atoms with van der Waals surface area (Å²) < 4.78 is 2.91. The van der Waals surface area contributed by atoms with E-state index in [1.165, 1.54) is 0 Å². The Morgan fingerprint density at radius 3 is 2.95 bits per heavy atom. The molecule has 0 amide bonds. The molecule has 2 aromatic rings. The molecule has 0 fully saturated rings. The predicted molar refractivity (Wildman–Crippen MR) is 79.7 cm³/mol. The summed E-state index contributed by atoms with van der Waals surface area (Å²) in [7, 11) is 0. The van der Waals surface area contributed by atoms with Crippen molar-refractivity contribution >= 4 is 28.6 Å². The van der Waals surface area contributed by atoms with E-state index in [1.807, 2.05) is 24.3 Å². The van der Waals surface area contributed by atoms with Gasteiger partial charge in [-0.25, -0.2) is 4.98 Å². The normalized spacial score (nSPS) is 10.6. The number of benzene rings is 1. The minimum atomic E-state index is -0.752. The van der Waals surface area contributed by atoms with Gasteiger partial charge in [0.1, 0.15) is 6.33 Å². The summed E-state index contributed by atoms with van der Waals surface area (Å²) in [5.74, 6) is -0.0464. The van der Waals surface area contributed by atoms with E-state index in [1.54, 1.807) is 11.0 Å². The van der Waals surface area contributed by atoms with Crippen LogP contribution < -0.4 is 0 Å². The Bertz CT molecular complexity index is 569. The number of aromatic nitrogens is 3. The molecule has 100 valence electrons. The third kappa shape index (κ3) is 4.30. The van der Waals surface area contributed by atoms with E-state index in [0.717, 1.165) is 15.6 Å². The first-order valence-electron chi connectivity index (χ1n) is 6.02. The lowest BCUT2D eigenvalue weighted by atomic mass is 10.2. The number of nitrogens with zero attached hydrogens (tertiary/aromatic N) is 3. The first kappa shape index (κ1) is 14.0. The average molecular weight is 371 g/mol. The van der Waals surface area contributed by atoms with Gasteiger partial charge in [0.15, 0.2) is 5.82 Å². The minimum Gasteiger partial charge on any atom is -0.481 e. The van der Waals surface area contributed by atoms with Crippen molar-refractivity contribution in [1.29, 1.82) is 0 Å². The highest BCUT2D eigenvalue weighted by Crippen LogP contribution is 2.17. The summed E-state index contributed by atoms with van der Waals surface area (Å²) in [4.78, 5) is 14.7. The van der Waals surface area contributed by atoms with Crippen LogP contribution in [0, 0.1) is 3.57 Å². The predicted octanol–water partition coefficient (Wildman–Crippen LogP) is 2.80. The molecule has 0 aliphatic heterocycles. The van der Waals surface area contributed by atoms with Crippen molar-refractivity contribution in [3.8, 4) is 11.4 Å². The molecule has 0 bridgehead atoms. The third-order valence-electron chi connectivity index (χ3n) is 2.65. The summed E-state index contributed by atoms with van der Waals surface area (Å²) in [6.45, 7) is 0.699. The topological polar surface area (TPSA) is 68.0 Å². The summed E-state index contributed by atoms with van der Waals surface area (Å²) in [5, 5.41) is 12.9. The standard InChI is InChI=1S/C13H14IN3O2/c14-11-5-3-4-10(8-11)13-15-9-17(16-13)7-2-1-6-12(18)19/h3-5,8-9H,1-2,6-7H2,(H,18,19). The molecule has 19 heavy (non-hydrogen) atoms. The molecule has 0 saturated carbocycles. The SMILES string of the molecule is O=C(O)CCCCn1cnc(-c2cccc(I)c2)n1. The second kappa shape index (κ2) is 6.65. The molecule has 1 aromatic carbocycles. The Morgan fingerprint density at radius 1 is 1.37 bits per heavy atom. The van der Waals surface area contributed by atoms with Crippen LogP contribution in [0.25, 0.3) is 11.4 Å². The van der Waals surface area contributed by atoms with E-state index >= 15 is 0 Å². The number of rotatable bonds is 6. The average Bonchev–Trinajstić information content (AvgIpc) is 2.83. The van der Waals surface area contributed by atoms with Crippen LogP contribution in [0.15, 0.2) is 30.6 Å². The first-order chi connectivity index (χ1) is 9.15. The monoisotopic (exact) mass is 371 g/mol. The fourth-order valence-electron chi connectivity index (χ4n) is 1.71. The summed E-state index contributed by atoms with van der Waals surface area (Å²) in [6.07, 6.45) is 3.35. The number of unbranched alkanes of at least 4 members (excludes halogenated alkanes) is 1. The largest absolute Gasteiger partial charge is 0.481 e. The maximum Gasteiger partial charge on any atom is 0.303 e. The van der Waals surface area contributed by atoms with Gasteiger partial charge in [0, 0.05) is 22.1 Å². The van der Waals surface area contributed by atoms with Gasteiger partial charge in [0.25, 0.3) is 0 Å². The Balaban J connectivity index is 1.94. The number of aryl methyl sites for hydroxylation is 1. The Morgan fingerprint density at radius 2 is 2.21 bits per heavy atom. The van der Waals surface area contributed by atoms with Crippen molar-refractivity contribution < 1.29 is 9.90 Å². The molecule has 0 radical (unpaired) electrons. The second-order valence-electron chi connectivity index (χ2n) is 4.19. The smallest absolute Gasteiger partial charge is 0.303 e. The van der Waals surface area contributed by atoms with Gasteiger partial charge in [0.2, 0.25) is 0 Å². The number of carboxylic acid groups (broad SMARTS) is 1. The van der Waals surface area contributed by atoms with Gasteiger partial charge in [-0.2, -0.15) is 5.10 Å². The van der Waals surface area contributed by atoms with Crippen molar-refractivity contribution in [3.05, 3.63) is 34.2 Å². The Hall–Kier alpha value is -1.44. The number of hydrogen-bond acceptors (Lipinski definition) is 3. The highest BCUT2D eigenvalue weighted by molar-refractivity contribution is 14.1. The van der Waals surface area contributed by atoms with E-state index in [2.05, 4.69) is 32.7 Å². The van der Waals surface area contributed by atoms with Gasteiger partial charge in [0.05, 0.1) is 0 Å². The number of carbonyl (C=O) groups is 1. The van der Waals surface area contributed by atoms with Crippen LogP contribution in [0.5, 0.6) is 0 Å². The molecule has 1 N–H and O–H groups in total. The molecule has 6 heteroatoms. The fourth-order valence-corrected chi connectivity index (χ4v) is 2.26. The highest BCUT2D eigenvalue weighted by Gasteiger charge is 2.04. The molecule has 0 aliphatic carbocycles. The van der Waals surface area contributed by atoms with Crippen LogP contribution in [0.4, 0.5) is 0 Å². The van der Waals surface area contributed by atoms with Gasteiger partial charge in [-0.15, -0.1) is 0 Å². The zero-order valence-corrected chi connectivity index (χ0v) is 12.4. The van der Waals surface area contributed by atoms with Crippen molar-refractivity contribution in [1.82, 2.24) is 14.8 Å². The second-order valence-corrected chi connectivity index (χ2v) is 5.44. The van der Waals surface area contributed by atoms with E-state index in [9.17, 15) is 4.79 Å². The lowest BCUT2D eigenvalue weighted by molar-refractivity contribution is -0.137. The van der Waals surface area contributed by atoms with E-state index in [4.69, 9.17) is 5.11 Å². The van der Waals surface area contributed by atoms with Crippen LogP contribution in [-0.2, 0) is 11.3 Å². The highest BCUT2D eigenvalue weighted by atomic mass is 127. The van der Waals surface area contributed by atoms with Crippen molar-refractivity contribution in [2.24, 2.45) is 0 Å². The lowest BCUT2D eigenvalue weighted by Crippen LogP contribution is -2.01. The summed E-state index contributed by atoms with van der Waals surface area (Å²) >= 11 is 2.25. The molecule has 0 aliphatic rings. The molecule has 0 atom stereocenters. The molecular formula is C13H14IN3O2. The van der Waals surface area contributed by atoms with Gasteiger partial charge in [-0.05, 0) is 47.6 Å². The van der Waals surface area contributed by atoms with Crippen LogP contribution in [0.2, 0.25) is 0 Å². The third-order valence-corrected chi connectivity index (χ3v) is 3.32. The number of halogens is 1. The van der Waals surface area contributed by atoms with Gasteiger partial charge < -0.3 is 5.11 Å². The van der Waals surface area contributed by atoms with Crippen LogP contribution in [-0.4, -0.2) is 25.8 Å². The number of hydrogen-bond donors (Lipinski definition) is 1. The van der Waals surface area contributed by atoms with Gasteiger partial charge >= 0.3 is 5.97 Å². The molecule has 0 unspecified atom stereocenters. The minimum absolute atomic E-state index is 0.207. The number of aliphatic carboxylic acids is 1. The summed E-state index contributed by atoms with van der Waals surface area (Å²) in [5.41, 5.74) is 0.996. The molecule has 0 saturated heterocycles. The zero-order valence-electron chi connectivity index (χ0n) is 10.3. The molecule has 1 heterocycles. The lowest BCUT2D eigenvalue weighted by Gasteiger charge is -1.99. The van der Waals surface area contributed by atoms with Crippen LogP contribution in [0.1, 0.15) is 19.3 Å². The Kier molecular flexibility index (Phi) is 4.89. The van der Waals surface area contributed by atoms with Gasteiger partial charge in [-0.3, -0.25) is 9.48 Å². The quantitative estimate of drug-likeness (QED) is 0.627. The van der Waals surface area contributed by atoms with Crippen molar-refractivity contribution in [2.75, 3.05) is 0 Å². The first-order valence-corrected chi connectivity index (χ1v) is 7.10. The maximum absolute atomic E-state index is 10.4. The van der Waals surface area contributed by atoms with Gasteiger partial charge in [-0.1, -0.05) is 12.1 Å². The van der Waals surface area contributed by atoms with Crippen molar-refractivity contribution in [3.63, 3.8) is 0 Å².